The highest BCUT2D eigenvalue weighted by molar-refractivity contribution is 7.87. The summed E-state index contributed by atoms with van der Waals surface area (Å²) in [5.41, 5.74) is 3.14. The van der Waals surface area contributed by atoms with E-state index in [-0.39, 0.29) is 12.8 Å². The van der Waals surface area contributed by atoms with E-state index < -0.39 is 21.5 Å². The van der Waals surface area contributed by atoms with Gasteiger partial charge >= 0.3 is 0 Å². The predicted molar refractivity (Wildman–Crippen MR) is 107 cm³/mol. The lowest BCUT2D eigenvalue weighted by Gasteiger charge is -2.33. The molecule has 29 heavy (non-hydrogen) atoms. The first-order chi connectivity index (χ1) is 14.0. The smallest absolute Gasteiger partial charge is 0.262 e. The molecule has 0 saturated carbocycles. The Labute approximate surface area is 172 Å². The summed E-state index contributed by atoms with van der Waals surface area (Å²) >= 11 is 0. The zero-order valence-electron chi connectivity index (χ0n) is 16.5. The van der Waals surface area contributed by atoms with E-state index in [0.29, 0.717) is 42.2 Å². The molecule has 1 amide bonds. The van der Waals surface area contributed by atoms with E-state index in [1.165, 1.54) is 0 Å². The van der Waals surface area contributed by atoms with Gasteiger partial charge in [-0.1, -0.05) is 26.0 Å². The van der Waals surface area contributed by atoms with Crippen molar-refractivity contribution in [3.8, 4) is 17.1 Å². The molecule has 2 aromatic rings. The summed E-state index contributed by atoms with van der Waals surface area (Å²) in [6.07, 6.45) is 3.75. The largest absolute Gasteiger partial charge is 0.476 e. The number of nitrogens with zero attached hydrogens (tertiary/aromatic N) is 2. The molecular formula is C20H25N3O5S. The maximum atomic E-state index is 13.2. The molecule has 1 fully saturated rings. The second-order valence-corrected chi connectivity index (χ2v) is 9.08. The third-order valence-electron chi connectivity index (χ3n) is 4.73. The second-order valence-electron chi connectivity index (χ2n) is 7.29. The average Bonchev–Trinajstić information content (AvgIpc) is 2.77. The first-order valence-electron chi connectivity index (χ1n) is 9.46. The first-order valence-corrected chi connectivity index (χ1v) is 10.6. The number of hydrogen-bond donors (Lipinski definition) is 2. The minimum Gasteiger partial charge on any atom is -0.476 e. The zero-order chi connectivity index (χ0) is 20.9. The summed E-state index contributed by atoms with van der Waals surface area (Å²) < 4.78 is 22.8. The summed E-state index contributed by atoms with van der Waals surface area (Å²) in [6.45, 7) is 5.32. The van der Waals surface area contributed by atoms with Gasteiger partial charge in [0.2, 0.25) is 5.88 Å². The van der Waals surface area contributed by atoms with Gasteiger partial charge in [0.25, 0.3) is 5.91 Å². The Morgan fingerprint density at radius 2 is 1.93 bits per heavy atom. The topological polar surface area (TPSA) is 111 Å². The van der Waals surface area contributed by atoms with Crippen LogP contribution in [0, 0.1) is 5.92 Å². The fraction of sp³-hybridized carbons (Fsp3) is 0.450. The number of rotatable bonds is 7. The summed E-state index contributed by atoms with van der Waals surface area (Å²) in [7, 11) is -1.64. The van der Waals surface area contributed by atoms with Crippen LogP contribution < -0.4 is 10.2 Å². The fourth-order valence-corrected chi connectivity index (χ4v) is 4.65. The van der Waals surface area contributed by atoms with Crippen LogP contribution in [0.25, 0.3) is 11.3 Å². The highest BCUT2D eigenvalue weighted by Gasteiger charge is 2.46. The van der Waals surface area contributed by atoms with Gasteiger partial charge in [0.15, 0.2) is 0 Å². The van der Waals surface area contributed by atoms with Gasteiger partial charge in [-0.25, -0.2) is 15.4 Å². The molecule has 9 heteroatoms. The summed E-state index contributed by atoms with van der Waals surface area (Å²) in [5.74, 6) is 0.222. The van der Waals surface area contributed by atoms with Crippen molar-refractivity contribution in [2.75, 3.05) is 19.8 Å². The van der Waals surface area contributed by atoms with Crippen molar-refractivity contribution < 1.29 is 23.7 Å². The molecule has 1 aliphatic rings. The van der Waals surface area contributed by atoms with E-state index in [0.717, 1.165) is 5.56 Å². The molecule has 2 N–H and O–H groups in total. The molecule has 1 saturated heterocycles. The molecule has 2 heterocycles. The van der Waals surface area contributed by atoms with E-state index in [1.807, 2.05) is 0 Å². The SMILES string of the molecule is CC(C)COc1cnc(-c2ccc(S(=O)C3(C(=O)NO)CCOCC3)cc2)cn1. The Kier molecular flexibility index (Phi) is 6.94. The number of hydroxylamine groups is 1. The molecule has 1 aromatic heterocycles. The fourth-order valence-electron chi connectivity index (χ4n) is 3.07. The van der Waals surface area contributed by atoms with Crippen molar-refractivity contribution in [3.63, 3.8) is 0 Å². The van der Waals surface area contributed by atoms with Crippen LogP contribution in [0.3, 0.4) is 0 Å². The molecule has 1 aromatic carbocycles. The van der Waals surface area contributed by atoms with Crippen LogP contribution in [0.15, 0.2) is 41.6 Å². The lowest BCUT2D eigenvalue weighted by atomic mass is 9.98. The van der Waals surface area contributed by atoms with Crippen LogP contribution in [0.1, 0.15) is 26.7 Å². The van der Waals surface area contributed by atoms with Crippen LogP contribution in [-0.4, -0.2) is 49.9 Å². The number of carbonyl (C=O) groups is 1. The quantitative estimate of drug-likeness (QED) is 0.523. The van der Waals surface area contributed by atoms with Gasteiger partial charge in [-0.2, -0.15) is 0 Å². The number of benzene rings is 1. The van der Waals surface area contributed by atoms with E-state index in [1.54, 1.807) is 42.1 Å². The highest BCUT2D eigenvalue weighted by Crippen LogP contribution is 2.33. The Balaban J connectivity index is 1.77. The number of hydrogen-bond acceptors (Lipinski definition) is 7. The Morgan fingerprint density at radius 3 is 2.48 bits per heavy atom. The molecule has 1 aliphatic heterocycles. The first kappa shape index (κ1) is 21.4. The molecule has 156 valence electrons. The molecule has 0 radical (unpaired) electrons. The van der Waals surface area contributed by atoms with Crippen LogP contribution >= 0.6 is 0 Å². The number of carbonyl (C=O) groups excluding carboxylic acids is 1. The minimum atomic E-state index is -1.64. The maximum Gasteiger partial charge on any atom is 0.262 e. The van der Waals surface area contributed by atoms with Crippen LogP contribution in [0.2, 0.25) is 0 Å². The molecule has 0 spiro atoms. The Hall–Kier alpha value is -2.36. The van der Waals surface area contributed by atoms with Crippen molar-refractivity contribution in [3.05, 3.63) is 36.7 Å². The molecule has 0 bridgehead atoms. The van der Waals surface area contributed by atoms with Crippen molar-refractivity contribution in [2.24, 2.45) is 5.92 Å². The van der Waals surface area contributed by atoms with Gasteiger partial charge in [-0.05, 0) is 30.9 Å². The minimum absolute atomic E-state index is 0.275. The number of nitrogens with one attached hydrogen (secondary N) is 1. The summed E-state index contributed by atoms with van der Waals surface area (Å²) in [5, 5.41) is 9.13. The zero-order valence-corrected chi connectivity index (χ0v) is 17.3. The van der Waals surface area contributed by atoms with E-state index in [2.05, 4.69) is 23.8 Å². The van der Waals surface area contributed by atoms with Gasteiger partial charge in [0.05, 0.1) is 35.5 Å². The maximum absolute atomic E-state index is 13.2. The third-order valence-corrected chi connectivity index (χ3v) is 6.73. The number of ether oxygens (including phenoxy) is 2. The van der Waals surface area contributed by atoms with Gasteiger partial charge in [0, 0.05) is 23.7 Å². The van der Waals surface area contributed by atoms with E-state index >= 15 is 0 Å². The van der Waals surface area contributed by atoms with Crippen LogP contribution in [0.4, 0.5) is 0 Å². The third kappa shape index (κ3) is 4.80. The Bertz CT molecular complexity index is 849. The normalized spacial score (nSPS) is 17.0. The van der Waals surface area contributed by atoms with Crippen molar-refractivity contribution in [2.45, 2.75) is 36.3 Å². The van der Waals surface area contributed by atoms with E-state index in [9.17, 15) is 9.00 Å². The Morgan fingerprint density at radius 1 is 1.24 bits per heavy atom. The monoisotopic (exact) mass is 419 g/mol. The molecule has 3 rings (SSSR count). The van der Waals surface area contributed by atoms with Gasteiger partial charge in [0.1, 0.15) is 4.75 Å². The molecule has 8 nitrogen and oxygen atoms in total. The second kappa shape index (κ2) is 9.43. The van der Waals surface area contributed by atoms with Crippen LogP contribution in [-0.2, 0) is 20.3 Å². The highest BCUT2D eigenvalue weighted by atomic mass is 32.2. The van der Waals surface area contributed by atoms with Gasteiger partial charge < -0.3 is 9.47 Å². The lowest BCUT2D eigenvalue weighted by molar-refractivity contribution is -0.134. The predicted octanol–water partition coefficient (Wildman–Crippen LogP) is 2.34. The van der Waals surface area contributed by atoms with Gasteiger partial charge in [-0.3, -0.25) is 14.2 Å². The van der Waals surface area contributed by atoms with Crippen LogP contribution in [0.5, 0.6) is 5.88 Å². The summed E-state index contributed by atoms with van der Waals surface area (Å²) in [4.78, 5) is 21.4. The van der Waals surface area contributed by atoms with Crippen molar-refractivity contribution >= 4 is 16.7 Å². The average molecular weight is 420 g/mol. The number of aromatic nitrogens is 2. The van der Waals surface area contributed by atoms with E-state index in [4.69, 9.17) is 14.7 Å². The molecular weight excluding hydrogens is 394 g/mol. The van der Waals surface area contributed by atoms with Gasteiger partial charge in [-0.15, -0.1) is 0 Å². The standard InChI is InChI=1S/C20H25N3O5S/c1-14(2)13-28-18-12-21-17(11-22-18)15-3-5-16(6-4-15)29(26)20(19(24)23-25)7-9-27-10-8-20/h3-6,11-12,14,25H,7-10,13H2,1-2H3,(H,23,24). The number of amides is 1. The molecule has 1 atom stereocenters. The molecule has 0 aliphatic carbocycles. The van der Waals surface area contributed by atoms with Crippen molar-refractivity contribution in [1.29, 1.82) is 0 Å². The summed E-state index contributed by atoms with van der Waals surface area (Å²) in [6, 6.07) is 6.99. The molecule has 1 unspecified atom stereocenters. The lowest BCUT2D eigenvalue weighted by Crippen LogP contribution is -2.52. The van der Waals surface area contributed by atoms with Crippen molar-refractivity contribution in [1.82, 2.24) is 15.4 Å².